The molecule has 0 radical (unpaired) electrons. The monoisotopic (exact) mass is 416 g/mol. The lowest BCUT2D eigenvalue weighted by Gasteiger charge is -2.08. The predicted octanol–water partition coefficient (Wildman–Crippen LogP) is 4.97. The minimum atomic E-state index is -0.462. The smallest absolute Gasteiger partial charge is 0.344 e. The van der Waals surface area contributed by atoms with E-state index in [0.29, 0.717) is 39.5 Å². The molecule has 0 saturated heterocycles. The second-order valence-corrected chi connectivity index (χ2v) is 6.88. The quantitative estimate of drug-likeness (QED) is 0.260. The van der Waals surface area contributed by atoms with Crippen molar-refractivity contribution >= 4 is 33.7 Å². The third kappa shape index (κ3) is 3.92. The molecule has 0 atom stereocenters. The van der Waals surface area contributed by atoms with Gasteiger partial charge in [-0.3, -0.25) is 0 Å². The van der Waals surface area contributed by atoms with E-state index in [2.05, 4.69) is 0 Å². The van der Waals surface area contributed by atoms with Crippen molar-refractivity contribution in [3.05, 3.63) is 82.2 Å². The molecule has 0 unspecified atom stereocenters. The van der Waals surface area contributed by atoms with E-state index >= 15 is 0 Å². The summed E-state index contributed by atoms with van der Waals surface area (Å²) in [6.07, 6.45) is 0. The van der Waals surface area contributed by atoms with E-state index in [1.54, 1.807) is 62.4 Å². The van der Waals surface area contributed by atoms with Gasteiger partial charge in [-0.2, -0.15) is 0 Å². The van der Waals surface area contributed by atoms with Crippen LogP contribution in [0, 0.1) is 0 Å². The average molecular weight is 416 g/mol. The molecule has 0 saturated carbocycles. The molecule has 0 amide bonds. The van der Waals surface area contributed by atoms with Gasteiger partial charge in [-0.05, 0) is 66.8 Å². The third-order valence-corrected chi connectivity index (χ3v) is 4.95. The third-order valence-electron chi connectivity index (χ3n) is 4.95. The standard InChI is InChI=1S/C25H20O6/c1-3-29-23(26)16-7-5-15(6-8-16)17-9-11-19-20-14-18(24(27)30-4-2)10-12-22(20)31-25(28)21(19)13-17/h5-14H,3-4H2,1-2H3. The second-order valence-electron chi connectivity index (χ2n) is 6.88. The minimum absolute atomic E-state index is 0.278. The molecule has 4 aromatic rings. The Morgan fingerprint density at radius 3 is 2.00 bits per heavy atom. The Morgan fingerprint density at radius 1 is 0.710 bits per heavy atom. The Bertz CT molecular complexity index is 1350. The van der Waals surface area contributed by atoms with Crippen LogP contribution in [0.2, 0.25) is 0 Å². The molecule has 0 fully saturated rings. The van der Waals surface area contributed by atoms with E-state index in [9.17, 15) is 14.4 Å². The van der Waals surface area contributed by atoms with Crippen LogP contribution < -0.4 is 5.63 Å². The van der Waals surface area contributed by atoms with Crippen molar-refractivity contribution in [2.24, 2.45) is 0 Å². The number of carbonyl (C=O) groups excluding carboxylic acids is 2. The summed E-state index contributed by atoms with van der Waals surface area (Å²) in [5.74, 6) is -0.806. The van der Waals surface area contributed by atoms with E-state index < -0.39 is 11.6 Å². The van der Waals surface area contributed by atoms with Crippen molar-refractivity contribution < 1.29 is 23.5 Å². The largest absolute Gasteiger partial charge is 0.462 e. The summed E-state index contributed by atoms with van der Waals surface area (Å²) >= 11 is 0. The molecule has 1 heterocycles. The van der Waals surface area contributed by atoms with Gasteiger partial charge in [0, 0.05) is 5.39 Å². The zero-order valence-electron chi connectivity index (χ0n) is 17.1. The number of carbonyl (C=O) groups is 2. The molecular formula is C25H20O6. The van der Waals surface area contributed by atoms with Crippen molar-refractivity contribution in [2.45, 2.75) is 13.8 Å². The summed E-state index contributed by atoms with van der Waals surface area (Å²) in [6, 6.07) is 17.3. The Kier molecular flexibility index (Phi) is 5.54. The molecule has 0 aliphatic rings. The summed E-state index contributed by atoms with van der Waals surface area (Å²) in [7, 11) is 0. The van der Waals surface area contributed by atoms with Crippen molar-refractivity contribution in [3.8, 4) is 11.1 Å². The van der Waals surface area contributed by atoms with Crippen molar-refractivity contribution in [1.29, 1.82) is 0 Å². The summed E-state index contributed by atoms with van der Waals surface area (Å²) in [4.78, 5) is 36.5. The summed E-state index contributed by atoms with van der Waals surface area (Å²) in [5, 5.41) is 1.74. The predicted molar refractivity (Wildman–Crippen MR) is 117 cm³/mol. The average Bonchev–Trinajstić information content (AvgIpc) is 2.79. The number of benzene rings is 3. The van der Waals surface area contributed by atoms with Crippen LogP contribution in [0.1, 0.15) is 34.6 Å². The lowest BCUT2D eigenvalue weighted by atomic mass is 9.99. The molecule has 4 rings (SSSR count). The molecule has 0 aliphatic carbocycles. The number of esters is 2. The molecule has 156 valence electrons. The number of hydrogen-bond donors (Lipinski definition) is 0. The zero-order chi connectivity index (χ0) is 22.0. The molecule has 6 nitrogen and oxygen atoms in total. The van der Waals surface area contributed by atoms with Crippen LogP contribution in [-0.2, 0) is 9.47 Å². The van der Waals surface area contributed by atoms with Gasteiger partial charge in [-0.1, -0.05) is 24.3 Å². The summed E-state index contributed by atoms with van der Waals surface area (Å²) in [6.45, 7) is 4.09. The van der Waals surface area contributed by atoms with Gasteiger partial charge in [-0.25, -0.2) is 14.4 Å². The molecule has 3 aromatic carbocycles. The van der Waals surface area contributed by atoms with Crippen LogP contribution >= 0.6 is 0 Å². The summed E-state index contributed by atoms with van der Waals surface area (Å²) < 4.78 is 15.5. The fraction of sp³-hybridized carbons (Fsp3) is 0.160. The fourth-order valence-corrected chi connectivity index (χ4v) is 3.47. The second kappa shape index (κ2) is 8.44. The first-order valence-electron chi connectivity index (χ1n) is 9.97. The van der Waals surface area contributed by atoms with Crippen molar-refractivity contribution in [3.63, 3.8) is 0 Å². The molecule has 0 spiro atoms. The minimum Gasteiger partial charge on any atom is -0.462 e. The van der Waals surface area contributed by atoms with E-state index in [0.717, 1.165) is 11.1 Å². The van der Waals surface area contributed by atoms with Gasteiger partial charge in [-0.15, -0.1) is 0 Å². The highest BCUT2D eigenvalue weighted by molar-refractivity contribution is 6.07. The first-order chi connectivity index (χ1) is 15.0. The summed E-state index contributed by atoms with van der Waals surface area (Å²) in [5.41, 5.74) is 2.44. The first kappa shape index (κ1) is 20.3. The maximum Gasteiger partial charge on any atom is 0.344 e. The maximum atomic E-state index is 12.6. The van der Waals surface area contributed by atoms with Crippen LogP contribution in [0.15, 0.2) is 69.9 Å². The molecule has 0 bridgehead atoms. The van der Waals surface area contributed by atoms with Crippen LogP contribution in [0.3, 0.4) is 0 Å². The van der Waals surface area contributed by atoms with E-state index in [1.165, 1.54) is 0 Å². The zero-order valence-corrected chi connectivity index (χ0v) is 17.1. The van der Waals surface area contributed by atoms with Crippen LogP contribution in [0.25, 0.3) is 32.9 Å². The van der Waals surface area contributed by atoms with Crippen LogP contribution in [0.4, 0.5) is 0 Å². The molecule has 0 N–H and O–H groups in total. The number of fused-ring (bicyclic) bond motifs is 3. The Balaban J connectivity index is 1.79. The van der Waals surface area contributed by atoms with E-state index in [1.807, 2.05) is 12.1 Å². The Morgan fingerprint density at radius 2 is 1.32 bits per heavy atom. The molecule has 1 aromatic heterocycles. The van der Waals surface area contributed by atoms with Gasteiger partial charge in [0.15, 0.2) is 0 Å². The SMILES string of the molecule is CCOC(=O)c1ccc(-c2ccc3c(c2)c(=O)oc2ccc(C(=O)OCC)cc23)cc1. The van der Waals surface area contributed by atoms with Gasteiger partial charge in [0.05, 0.1) is 29.7 Å². The highest BCUT2D eigenvalue weighted by Gasteiger charge is 2.13. The molecule has 31 heavy (non-hydrogen) atoms. The van der Waals surface area contributed by atoms with E-state index in [-0.39, 0.29) is 12.6 Å². The number of hydrogen-bond acceptors (Lipinski definition) is 6. The van der Waals surface area contributed by atoms with Gasteiger partial charge in [0.1, 0.15) is 5.58 Å². The van der Waals surface area contributed by atoms with Gasteiger partial charge in [0.2, 0.25) is 0 Å². The van der Waals surface area contributed by atoms with Crippen LogP contribution in [-0.4, -0.2) is 25.2 Å². The fourth-order valence-electron chi connectivity index (χ4n) is 3.47. The topological polar surface area (TPSA) is 82.8 Å². The number of ether oxygens (including phenoxy) is 2. The normalized spacial score (nSPS) is 10.9. The highest BCUT2D eigenvalue weighted by Crippen LogP contribution is 2.29. The van der Waals surface area contributed by atoms with Crippen molar-refractivity contribution in [1.82, 2.24) is 0 Å². The molecule has 6 heteroatoms. The van der Waals surface area contributed by atoms with E-state index in [4.69, 9.17) is 13.9 Å². The van der Waals surface area contributed by atoms with Crippen molar-refractivity contribution in [2.75, 3.05) is 13.2 Å². The lowest BCUT2D eigenvalue weighted by Crippen LogP contribution is -2.05. The van der Waals surface area contributed by atoms with Gasteiger partial charge in [0.25, 0.3) is 0 Å². The highest BCUT2D eigenvalue weighted by atomic mass is 16.5. The maximum absolute atomic E-state index is 12.6. The molecule has 0 aliphatic heterocycles. The number of rotatable bonds is 5. The van der Waals surface area contributed by atoms with Crippen LogP contribution in [0.5, 0.6) is 0 Å². The lowest BCUT2D eigenvalue weighted by molar-refractivity contribution is 0.0517. The van der Waals surface area contributed by atoms with Gasteiger partial charge >= 0.3 is 17.6 Å². The van der Waals surface area contributed by atoms with Gasteiger partial charge < -0.3 is 13.9 Å². The Labute approximate surface area is 178 Å². The Hall–Kier alpha value is -3.93. The first-order valence-corrected chi connectivity index (χ1v) is 9.97. The molecular weight excluding hydrogens is 396 g/mol.